The van der Waals surface area contributed by atoms with Crippen molar-refractivity contribution < 1.29 is 5.11 Å². The van der Waals surface area contributed by atoms with E-state index in [0.717, 1.165) is 50.4 Å². The number of hydrogen-bond donors (Lipinski definition) is 2. The molecule has 2 N–H and O–H groups in total. The van der Waals surface area contributed by atoms with Crippen molar-refractivity contribution in [1.29, 1.82) is 0 Å². The van der Waals surface area contributed by atoms with Gasteiger partial charge in [-0.1, -0.05) is 13.8 Å². The molecule has 0 aromatic carbocycles. The number of aromatic nitrogens is 2. The lowest BCUT2D eigenvalue weighted by Gasteiger charge is -2.31. The molecule has 0 atom stereocenters. The number of aliphatic hydroxyl groups is 1. The lowest BCUT2D eigenvalue weighted by molar-refractivity contribution is 0.145. The third kappa shape index (κ3) is 4.45. The molecule has 0 aliphatic carbocycles. The summed E-state index contributed by atoms with van der Waals surface area (Å²) in [4.78, 5) is 12.6. The number of piperidine rings is 1. The molecule has 2 aromatic heterocycles. The number of nitrogens with zero attached hydrogens (tertiary/aromatic N) is 3. The van der Waals surface area contributed by atoms with Crippen LogP contribution in [0.2, 0.25) is 0 Å². The maximum Gasteiger partial charge on any atom is 0.151 e. The van der Waals surface area contributed by atoms with Gasteiger partial charge in [-0.05, 0) is 30.9 Å². The van der Waals surface area contributed by atoms with Crippen molar-refractivity contribution in [2.75, 3.05) is 23.3 Å². The highest BCUT2D eigenvalue weighted by molar-refractivity contribution is 7.11. The maximum atomic E-state index is 9.69. The molecule has 0 radical (unpaired) electrons. The molecule has 0 amide bonds. The summed E-state index contributed by atoms with van der Waals surface area (Å²) in [6.45, 7) is 6.91. The van der Waals surface area contributed by atoms with Crippen LogP contribution in [0.3, 0.4) is 0 Å². The first-order valence-electron chi connectivity index (χ1n) is 8.67. The largest absolute Gasteiger partial charge is 0.393 e. The van der Waals surface area contributed by atoms with Crippen molar-refractivity contribution in [2.24, 2.45) is 5.92 Å². The van der Waals surface area contributed by atoms with Crippen molar-refractivity contribution in [2.45, 2.75) is 45.8 Å². The second kappa shape index (κ2) is 7.94. The predicted octanol–water partition coefficient (Wildman–Crippen LogP) is 3.31. The van der Waals surface area contributed by atoms with Gasteiger partial charge >= 0.3 is 0 Å². The summed E-state index contributed by atoms with van der Waals surface area (Å²) in [5.41, 5.74) is 1.05. The maximum absolute atomic E-state index is 9.69. The molecule has 6 heteroatoms. The van der Waals surface area contributed by atoms with Crippen LogP contribution < -0.4 is 10.2 Å². The zero-order valence-corrected chi connectivity index (χ0v) is 15.2. The first kappa shape index (κ1) is 17.2. The molecule has 0 saturated carbocycles. The Morgan fingerprint density at radius 2 is 2.12 bits per heavy atom. The minimum atomic E-state index is -0.169. The van der Waals surface area contributed by atoms with Crippen LogP contribution in [-0.2, 0) is 13.0 Å². The Hall–Kier alpha value is -1.66. The zero-order chi connectivity index (χ0) is 16.9. The van der Waals surface area contributed by atoms with Gasteiger partial charge in [-0.3, -0.25) is 0 Å². The topological polar surface area (TPSA) is 61.3 Å². The summed E-state index contributed by atoms with van der Waals surface area (Å²) in [7, 11) is 0. The van der Waals surface area contributed by atoms with Gasteiger partial charge in [0.05, 0.1) is 23.3 Å². The van der Waals surface area contributed by atoms with Crippen LogP contribution >= 0.6 is 11.3 Å². The van der Waals surface area contributed by atoms with E-state index in [0.29, 0.717) is 5.92 Å². The van der Waals surface area contributed by atoms with Crippen molar-refractivity contribution in [3.8, 4) is 0 Å². The van der Waals surface area contributed by atoms with Crippen LogP contribution in [0.15, 0.2) is 24.5 Å². The van der Waals surface area contributed by atoms with Crippen LogP contribution in [0.1, 0.15) is 36.6 Å². The molecular weight excluding hydrogens is 320 g/mol. The number of nitrogens with one attached hydrogen (secondary N) is 1. The summed E-state index contributed by atoms with van der Waals surface area (Å²) in [6.07, 6.45) is 6.30. The van der Waals surface area contributed by atoms with Gasteiger partial charge in [-0.25, -0.2) is 9.97 Å². The highest BCUT2D eigenvalue weighted by Crippen LogP contribution is 2.27. The number of anilines is 2. The van der Waals surface area contributed by atoms with E-state index in [1.165, 1.54) is 9.88 Å². The molecule has 2 aromatic rings. The molecule has 1 fully saturated rings. The van der Waals surface area contributed by atoms with E-state index in [4.69, 9.17) is 0 Å². The van der Waals surface area contributed by atoms with E-state index in [-0.39, 0.29) is 6.10 Å². The number of thiazole rings is 1. The second-order valence-electron chi connectivity index (χ2n) is 6.76. The van der Waals surface area contributed by atoms with E-state index < -0.39 is 0 Å². The van der Waals surface area contributed by atoms with Gasteiger partial charge in [0.2, 0.25) is 0 Å². The number of hydrogen-bond acceptors (Lipinski definition) is 6. The van der Waals surface area contributed by atoms with E-state index in [9.17, 15) is 5.11 Å². The molecule has 3 heterocycles. The Balaban J connectivity index is 1.64. The summed E-state index contributed by atoms with van der Waals surface area (Å²) >= 11 is 1.78. The Kier molecular flexibility index (Phi) is 5.68. The fourth-order valence-corrected chi connectivity index (χ4v) is 3.99. The van der Waals surface area contributed by atoms with E-state index in [1.54, 1.807) is 11.3 Å². The SMILES string of the molecule is CC(C)Cc1ncc(CNc2cccnc2N2CCC(O)CC2)s1. The van der Waals surface area contributed by atoms with E-state index >= 15 is 0 Å². The molecule has 130 valence electrons. The van der Waals surface area contributed by atoms with Crippen LogP contribution in [0.25, 0.3) is 0 Å². The second-order valence-corrected chi connectivity index (χ2v) is 7.96. The van der Waals surface area contributed by atoms with Crippen LogP contribution in [-0.4, -0.2) is 34.3 Å². The third-order valence-electron chi connectivity index (χ3n) is 4.19. The summed E-state index contributed by atoms with van der Waals surface area (Å²) in [5.74, 6) is 1.62. The average Bonchev–Trinajstić information content (AvgIpc) is 3.01. The number of pyridine rings is 1. The van der Waals surface area contributed by atoms with Gasteiger partial charge in [0.15, 0.2) is 5.82 Å². The fraction of sp³-hybridized carbons (Fsp3) is 0.556. The molecule has 1 aliphatic heterocycles. The molecule has 5 nitrogen and oxygen atoms in total. The lowest BCUT2D eigenvalue weighted by atomic mass is 10.1. The smallest absolute Gasteiger partial charge is 0.151 e. The standard InChI is InChI=1S/C18H26N4OS/c1-13(2)10-17-21-12-15(24-17)11-20-16-4-3-7-19-18(16)22-8-5-14(23)6-9-22/h3-4,7,12-14,20,23H,5-6,8-11H2,1-2H3. The molecule has 3 rings (SSSR count). The molecule has 0 bridgehead atoms. The minimum absolute atomic E-state index is 0.169. The van der Waals surface area contributed by atoms with Gasteiger partial charge < -0.3 is 15.3 Å². The molecule has 0 spiro atoms. The fourth-order valence-electron chi connectivity index (χ4n) is 2.92. The zero-order valence-electron chi connectivity index (χ0n) is 14.4. The van der Waals surface area contributed by atoms with Gasteiger partial charge in [-0.15, -0.1) is 11.3 Å². The van der Waals surface area contributed by atoms with Gasteiger partial charge in [-0.2, -0.15) is 0 Å². The summed E-state index contributed by atoms with van der Waals surface area (Å²) in [6, 6.07) is 4.03. The number of rotatable bonds is 6. The monoisotopic (exact) mass is 346 g/mol. The quantitative estimate of drug-likeness (QED) is 0.840. The first-order valence-corrected chi connectivity index (χ1v) is 9.49. The van der Waals surface area contributed by atoms with E-state index in [1.807, 2.05) is 18.5 Å². The molecule has 1 saturated heterocycles. The van der Waals surface area contributed by atoms with Gasteiger partial charge in [0, 0.05) is 36.8 Å². The Bertz CT molecular complexity index is 650. The predicted molar refractivity (Wildman–Crippen MR) is 99.7 cm³/mol. The molecular formula is C18H26N4OS. The molecule has 1 aliphatic rings. The Morgan fingerprint density at radius 1 is 1.33 bits per heavy atom. The van der Waals surface area contributed by atoms with Crippen LogP contribution in [0.5, 0.6) is 0 Å². The summed E-state index contributed by atoms with van der Waals surface area (Å²) < 4.78 is 0. The van der Waals surface area contributed by atoms with Crippen LogP contribution in [0.4, 0.5) is 11.5 Å². The normalized spacial score (nSPS) is 15.9. The highest BCUT2D eigenvalue weighted by Gasteiger charge is 2.20. The third-order valence-corrected chi connectivity index (χ3v) is 5.21. The van der Waals surface area contributed by atoms with E-state index in [2.05, 4.69) is 40.1 Å². The number of aliphatic hydroxyl groups excluding tert-OH is 1. The van der Waals surface area contributed by atoms with Crippen molar-refractivity contribution >= 4 is 22.8 Å². The minimum Gasteiger partial charge on any atom is -0.393 e. The lowest BCUT2D eigenvalue weighted by Crippen LogP contribution is -2.36. The van der Waals surface area contributed by atoms with Crippen molar-refractivity contribution in [3.63, 3.8) is 0 Å². The van der Waals surface area contributed by atoms with Crippen molar-refractivity contribution in [1.82, 2.24) is 9.97 Å². The average molecular weight is 347 g/mol. The molecule has 0 unspecified atom stereocenters. The Labute approximate surface area is 147 Å². The highest BCUT2D eigenvalue weighted by atomic mass is 32.1. The van der Waals surface area contributed by atoms with Crippen molar-refractivity contribution in [3.05, 3.63) is 34.4 Å². The molecule has 24 heavy (non-hydrogen) atoms. The van der Waals surface area contributed by atoms with Gasteiger partial charge in [0.25, 0.3) is 0 Å². The van der Waals surface area contributed by atoms with Crippen LogP contribution in [0, 0.1) is 5.92 Å². The Morgan fingerprint density at radius 3 is 2.88 bits per heavy atom. The summed E-state index contributed by atoms with van der Waals surface area (Å²) in [5, 5.41) is 14.4. The first-order chi connectivity index (χ1) is 11.6. The van der Waals surface area contributed by atoms with Gasteiger partial charge in [0.1, 0.15) is 0 Å².